The molecule has 0 saturated carbocycles. The highest BCUT2D eigenvalue weighted by atomic mass is 15.3. The van der Waals surface area contributed by atoms with Gasteiger partial charge in [-0.15, -0.1) is 0 Å². The Bertz CT molecular complexity index is 1090. The van der Waals surface area contributed by atoms with Crippen molar-refractivity contribution in [2.24, 2.45) is 6.98 Å². The first kappa shape index (κ1) is 7.79. The Labute approximate surface area is 119 Å². The second-order valence-corrected chi connectivity index (χ2v) is 4.97. The number of fused-ring (bicyclic) bond motifs is 7. The van der Waals surface area contributed by atoms with E-state index in [1.54, 1.807) is 24.7 Å². The summed E-state index contributed by atoms with van der Waals surface area (Å²) in [6.45, 7) is -1.70. The van der Waals surface area contributed by atoms with Crippen molar-refractivity contribution >= 4 is 16.8 Å². The number of pyridine rings is 2. The lowest BCUT2D eigenvalue weighted by molar-refractivity contribution is -0.621. The third kappa shape index (κ3) is 1.02. The molecule has 1 aliphatic rings. The minimum atomic E-state index is -2.27. The molecule has 0 radical (unpaired) electrons. The first-order valence-corrected chi connectivity index (χ1v) is 6.40. The van der Waals surface area contributed by atoms with Gasteiger partial charge in [0.2, 0.25) is 0 Å². The van der Waals surface area contributed by atoms with E-state index in [4.69, 9.17) is 4.11 Å². The number of aromatic nitrogens is 5. The van der Waals surface area contributed by atoms with Crippen LogP contribution >= 0.6 is 0 Å². The van der Waals surface area contributed by atoms with E-state index in [9.17, 15) is 0 Å². The van der Waals surface area contributed by atoms with Crippen LogP contribution in [0.15, 0.2) is 43.0 Å². The minimum Gasteiger partial charge on any atom is -0.261 e. The largest absolute Gasteiger partial charge is 0.370 e. The summed E-state index contributed by atoms with van der Waals surface area (Å²) in [6.07, 6.45) is 7.05. The first-order valence-electron chi connectivity index (χ1n) is 7.90. The normalized spacial score (nSPS) is 15.9. The van der Waals surface area contributed by atoms with Gasteiger partial charge >= 0.3 is 5.78 Å². The molecule has 5 heteroatoms. The maximum atomic E-state index is 7.95. The van der Waals surface area contributed by atoms with Gasteiger partial charge in [-0.25, -0.2) is 9.13 Å². The van der Waals surface area contributed by atoms with Gasteiger partial charge in [0, 0.05) is 18.0 Å². The zero-order valence-corrected chi connectivity index (χ0v) is 10.5. The van der Waals surface area contributed by atoms with Gasteiger partial charge in [0.15, 0.2) is 5.52 Å². The highest BCUT2D eigenvalue weighted by molar-refractivity contribution is 5.77. The molecule has 0 N–H and O–H groups in total. The summed E-state index contributed by atoms with van der Waals surface area (Å²) < 4.78 is 29.2. The number of hydrogen-bond acceptors (Lipinski definition) is 2. The van der Waals surface area contributed by atoms with Gasteiger partial charge in [-0.05, 0) is 18.2 Å². The monoisotopic (exact) mass is 265 g/mol. The molecular weight excluding hydrogens is 250 g/mol. The van der Waals surface area contributed by atoms with E-state index >= 15 is 0 Å². The Hall–Kier alpha value is -2.69. The van der Waals surface area contributed by atoms with Gasteiger partial charge in [-0.1, -0.05) is 0 Å². The van der Waals surface area contributed by atoms with Gasteiger partial charge in [-0.3, -0.25) is 9.97 Å². The lowest BCUT2D eigenvalue weighted by Gasteiger charge is -1.93. The minimum absolute atomic E-state index is 0.571. The second kappa shape index (κ2) is 3.25. The van der Waals surface area contributed by atoms with Crippen LogP contribution in [-0.4, -0.2) is 18.9 Å². The molecule has 0 fully saturated rings. The van der Waals surface area contributed by atoms with Gasteiger partial charge in [0.05, 0.1) is 23.0 Å². The zero-order chi connectivity index (χ0) is 15.8. The summed E-state index contributed by atoms with van der Waals surface area (Å²) in [5, 5.41) is 0. The molecule has 5 heterocycles. The molecule has 0 spiro atoms. The van der Waals surface area contributed by atoms with Crippen molar-refractivity contribution < 1.29 is 8.68 Å². The molecule has 5 rings (SSSR count). The summed E-state index contributed by atoms with van der Waals surface area (Å²) in [4.78, 5) is 8.55. The van der Waals surface area contributed by atoms with Gasteiger partial charge in [0.1, 0.15) is 24.0 Å². The average Bonchev–Trinajstić information content (AvgIpc) is 3.13. The SMILES string of the molecule is [2H]C([2H])([2H])[n+]1c2ccncc2n2cc3n(c21)Cc1ncccc1-3. The molecule has 1 aliphatic heterocycles. The first-order chi connectivity index (χ1) is 11.1. The van der Waals surface area contributed by atoms with Gasteiger partial charge in [-0.2, -0.15) is 4.40 Å². The third-order valence-corrected chi connectivity index (χ3v) is 3.95. The second-order valence-electron chi connectivity index (χ2n) is 4.97. The Kier molecular flexibility index (Phi) is 1.27. The number of nitrogens with zero attached hydrogens (tertiary/aromatic N) is 5. The molecule has 0 atom stereocenters. The van der Waals surface area contributed by atoms with Crippen molar-refractivity contribution in [2.45, 2.75) is 6.54 Å². The van der Waals surface area contributed by atoms with Crippen molar-refractivity contribution in [2.75, 3.05) is 0 Å². The fourth-order valence-corrected chi connectivity index (χ4v) is 3.07. The molecule has 0 unspecified atom stereocenters. The summed E-state index contributed by atoms with van der Waals surface area (Å²) in [6, 6.07) is 5.65. The molecule has 0 saturated heterocycles. The summed E-state index contributed by atoms with van der Waals surface area (Å²) in [7, 11) is 0. The topological polar surface area (TPSA) is 39.0 Å². The number of imidazole rings is 2. The average molecular weight is 265 g/mol. The Morgan fingerprint density at radius 3 is 3.30 bits per heavy atom. The molecule has 5 nitrogen and oxygen atoms in total. The van der Waals surface area contributed by atoms with E-state index in [2.05, 4.69) is 9.97 Å². The molecule has 20 heavy (non-hydrogen) atoms. The Morgan fingerprint density at radius 1 is 1.35 bits per heavy atom. The van der Waals surface area contributed by atoms with E-state index in [1.165, 1.54) is 4.57 Å². The molecule has 0 aromatic carbocycles. The maximum Gasteiger partial charge on any atom is 0.370 e. The lowest BCUT2D eigenvalue weighted by Crippen LogP contribution is -2.29. The molecule has 0 aliphatic carbocycles. The lowest BCUT2D eigenvalue weighted by atomic mass is 10.2. The van der Waals surface area contributed by atoms with Crippen LogP contribution in [0.4, 0.5) is 0 Å². The zero-order valence-electron chi connectivity index (χ0n) is 13.5. The fourth-order valence-electron chi connectivity index (χ4n) is 3.07. The molecular formula is C15H12N5+. The van der Waals surface area contributed by atoms with Crippen molar-refractivity contribution in [3.05, 3.63) is 48.7 Å². The smallest absolute Gasteiger partial charge is 0.261 e. The predicted molar refractivity (Wildman–Crippen MR) is 74.2 cm³/mol. The van der Waals surface area contributed by atoms with Crippen LogP contribution in [0.1, 0.15) is 9.81 Å². The summed E-state index contributed by atoms with van der Waals surface area (Å²) in [5.41, 5.74) is 4.42. The van der Waals surface area contributed by atoms with Crippen molar-refractivity contribution in [1.82, 2.24) is 18.9 Å². The van der Waals surface area contributed by atoms with Crippen LogP contribution < -0.4 is 4.57 Å². The van der Waals surface area contributed by atoms with Crippen LogP contribution in [0.25, 0.3) is 28.1 Å². The number of aryl methyl sites for hydroxylation is 1. The molecule has 4 aromatic heterocycles. The molecule has 4 aromatic rings. The molecule has 0 amide bonds. The van der Waals surface area contributed by atoms with Gasteiger partial charge in [0.25, 0.3) is 0 Å². The van der Waals surface area contributed by atoms with Crippen LogP contribution in [-0.2, 0) is 13.5 Å². The van der Waals surface area contributed by atoms with Crippen molar-refractivity contribution in [3.8, 4) is 11.3 Å². The molecule has 0 bridgehead atoms. The highest BCUT2D eigenvalue weighted by Crippen LogP contribution is 2.33. The fraction of sp³-hybridized carbons (Fsp3) is 0.133. The predicted octanol–water partition coefficient (Wildman–Crippen LogP) is 1.54. The van der Waals surface area contributed by atoms with Crippen LogP contribution in [0, 0.1) is 0 Å². The quantitative estimate of drug-likeness (QED) is 0.398. The van der Waals surface area contributed by atoms with Gasteiger partial charge < -0.3 is 0 Å². The van der Waals surface area contributed by atoms with E-state index in [0.29, 0.717) is 17.8 Å². The van der Waals surface area contributed by atoms with E-state index < -0.39 is 6.98 Å². The van der Waals surface area contributed by atoms with E-state index in [0.717, 1.165) is 22.5 Å². The molecule has 96 valence electrons. The standard InChI is InChI=1S/C15H12N5/c1-18-12-4-6-16-7-13(12)20-9-14-10-3-2-5-17-11(10)8-19(14)15(18)20/h2-7,9H,8H2,1H3/q+1/i1D3. The van der Waals surface area contributed by atoms with E-state index in [1.807, 2.05) is 27.3 Å². The summed E-state index contributed by atoms with van der Waals surface area (Å²) >= 11 is 0. The van der Waals surface area contributed by atoms with Crippen LogP contribution in [0.3, 0.4) is 0 Å². The van der Waals surface area contributed by atoms with Crippen molar-refractivity contribution in [1.29, 1.82) is 0 Å². The number of hydrogen-bond donors (Lipinski definition) is 0. The number of rotatable bonds is 0. The van der Waals surface area contributed by atoms with E-state index in [-0.39, 0.29) is 0 Å². The third-order valence-electron chi connectivity index (χ3n) is 3.95. The highest BCUT2D eigenvalue weighted by Gasteiger charge is 2.31. The Balaban J connectivity index is 1.97. The van der Waals surface area contributed by atoms with Crippen molar-refractivity contribution in [3.63, 3.8) is 0 Å². The van der Waals surface area contributed by atoms with Crippen LogP contribution in [0.5, 0.6) is 0 Å². The Morgan fingerprint density at radius 2 is 2.35 bits per heavy atom. The maximum absolute atomic E-state index is 7.95. The van der Waals surface area contributed by atoms with Crippen LogP contribution in [0.2, 0.25) is 0 Å². The summed E-state index contributed by atoms with van der Waals surface area (Å²) in [5.74, 6) is 0.626.